The van der Waals surface area contributed by atoms with Crippen molar-refractivity contribution in [2.24, 2.45) is 4.99 Å². The van der Waals surface area contributed by atoms with Crippen molar-refractivity contribution in [1.29, 1.82) is 0 Å². The van der Waals surface area contributed by atoms with Crippen molar-refractivity contribution in [3.63, 3.8) is 0 Å². The zero-order chi connectivity index (χ0) is 21.4. The molecule has 1 aromatic rings. The van der Waals surface area contributed by atoms with Crippen LogP contribution in [0.25, 0.3) is 0 Å². The molecule has 1 aliphatic rings. The van der Waals surface area contributed by atoms with E-state index in [1.165, 1.54) is 0 Å². The van der Waals surface area contributed by atoms with Gasteiger partial charge in [0.1, 0.15) is 17.1 Å². The van der Waals surface area contributed by atoms with Crippen LogP contribution in [-0.2, 0) is 11.3 Å². The number of hydrogen-bond donors (Lipinski definition) is 2. The number of rotatable bonds is 8. The maximum atomic E-state index is 12.4. The van der Waals surface area contributed by atoms with E-state index in [4.69, 9.17) is 14.2 Å². The molecule has 170 valence electrons. The summed E-state index contributed by atoms with van der Waals surface area (Å²) in [5.74, 6) is 2.15. The molecule has 2 rings (SSSR count). The van der Waals surface area contributed by atoms with Gasteiger partial charge in [0.2, 0.25) is 0 Å². The van der Waals surface area contributed by atoms with Gasteiger partial charge < -0.3 is 29.7 Å². The number of carbonyl (C=O) groups is 1. The second-order valence-corrected chi connectivity index (χ2v) is 7.94. The van der Waals surface area contributed by atoms with Gasteiger partial charge in [0.05, 0.1) is 14.2 Å². The largest absolute Gasteiger partial charge is 0.497 e. The first-order chi connectivity index (χ1) is 13.8. The summed E-state index contributed by atoms with van der Waals surface area (Å²) in [6.07, 6.45) is 1.81. The van der Waals surface area contributed by atoms with Crippen LogP contribution in [0.1, 0.15) is 39.2 Å². The summed E-state index contributed by atoms with van der Waals surface area (Å²) in [7, 11) is 4.97. The Morgan fingerprint density at radius 1 is 1.20 bits per heavy atom. The highest BCUT2D eigenvalue weighted by atomic mass is 127. The Balaban J connectivity index is 0.00000450. The third kappa shape index (κ3) is 8.45. The molecule has 9 heteroatoms. The molecule has 0 aromatic heterocycles. The zero-order valence-electron chi connectivity index (χ0n) is 18.8. The Bertz CT molecular complexity index is 717. The van der Waals surface area contributed by atoms with E-state index in [1.807, 2.05) is 39.0 Å². The lowest BCUT2D eigenvalue weighted by Crippen LogP contribution is -2.45. The molecule has 1 aromatic carbocycles. The maximum Gasteiger partial charge on any atom is 0.410 e. The van der Waals surface area contributed by atoms with Crippen molar-refractivity contribution in [2.75, 3.05) is 34.4 Å². The standard InChI is InChI=1S/C21H34N4O4.HI/c1-21(2,3)29-20(26)25(16-8-9-16)12-11-23-19(22-4)24-14-15-7-10-17(27-5)13-18(15)28-6;/h7,10,13,16H,8-9,11-12,14H2,1-6H3,(H2,22,23,24);1H. The first-order valence-corrected chi connectivity index (χ1v) is 9.92. The number of ether oxygens (including phenoxy) is 3. The van der Waals surface area contributed by atoms with Gasteiger partial charge in [-0.15, -0.1) is 24.0 Å². The first kappa shape index (κ1) is 26.1. The second-order valence-electron chi connectivity index (χ2n) is 7.94. The normalized spacial score (nSPS) is 13.7. The minimum atomic E-state index is -0.493. The van der Waals surface area contributed by atoms with Crippen LogP contribution < -0.4 is 20.1 Å². The van der Waals surface area contributed by atoms with Crippen LogP contribution in [0.4, 0.5) is 4.79 Å². The predicted octanol–water partition coefficient (Wildman–Crippen LogP) is 3.39. The molecule has 8 nitrogen and oxygen atoms in total. The van der Waals surface area contributed by atoms with Crippen molar-refractivity contribution in [2.45, 2.75) is 51.8 Å². The highest BCUT2D eigenvalue weighted by Gasteiger charge is 2.34. The SMILES string of the molecule is CN=C(NCCN(C(=O)OC(C)(C)C)C1CC1)NCc1ccc(OC)cc1OC.I. The van der Waals surface area contributed by atoms with Crippen LogP contribution in [0, 0.1) is 0 Å². The Hall–Kier alpha value is -1.91. The molecule has 0 radical (unpaired) electrons. The lowest BCUT2D eigenvalue weighted by molar-refractivity contribution is 0.0238. The summed E-state index contributed by atoms with van der Waals surface area (Å²) in [6, 6.07) is 5.98. The third-order valence-electron chi connectivity index (χ3n) is 4.42. The fourth-order valence-corrected chi connectivity index (χ4v) is 2.82. The highest BCUT2D eigenvalue weighted by molar-refractivity contribution is 14.0. The predicted molar refractivity (Wildman–Crippen MR) is 129 cm³/mol. The monoisotopic (exact) mass is 534 g/mol. The Morgan fingerprint density at radius 3 is 2.43 bits per heavy atom. The van der Waals surface area contributed by atoms with E-state index in [1.54, 1.807) is 26.2 Å². The fourth-order valence-electron chi connectivity index (χ4n) is 2.82. The molecule has 2 N–H and O–H groups in total. The number of amides is 1. The molecule has 0 bridgehead atoms. The zero-order valence-corrected chi connectivity index (χ0v) is 21.1. The second kappa shape index (κ2) is 12.1. The molecule has 1 aliphatic carbocycles. The number of guanidine groups is 1. The molecule has 1 amide bonds. The number of nitrogens with one attached hydrogen (secondary N) is 2. The van der Waals surface area contributed by atoms with Gasteiger partial charge in [-0.25, -0.2) is 4.79 Å². The van der Waals surface area contributed by atoms with E-state index in [2.05, 4.69) is 15.6 Å². The van der Waals surface area contributed by atoms with Gasteiger partial charge in [0.25, 0.3) is 0 Å². The average molecular weight is 534 g/mol. The van der Waals surface area contributed by atoms with Gasteiger partial charge in [-0.3, -0.25) is 4.99 Å². The van der Waals surface area contributed by atoms with E-state index in [9.17, 15) is 4.79 Å². The molecule has 0 unspecified atom stereocenters. The molecular formula is C21H35IN4O4. The molecular weight excluding hydrogens is 499 g/mol. The molecule has 1 fully saturated rings. The summed E-state index contributed by atoms with van der Waals surface area (Å²) in [5.41, 5.74) is 0.497. The molecule has 0 heterocycles. The van der Waals surface area contributed by atoms with Crippen molar-refractivity contribution in [1.82, 2.24) is 15.5 Å². The minimum Gasteiger partial charge on any atom is -0.497 e. The first-order valence-electron chi connectivity index (χ1n) is 9.92. The van der Waals surface area contributed by atoms with Crippen LogP contribution in [0.15, 0.2) is 23.2 Å². The lowest BCUT2D eigenvalue weighted by Gasteiger charge is -2.27. The van der Waals surface area contributed by atoms with Gasteiger partial charge in [-0.05, 0) is 45.7 Å². The van der Waals surface area contributed by atoms with E-state index < -0.39 is 5.60 Å². The van der Waals surface area contributed by atoms with Gasteiger partial charge in [0, 0.05) is 44.4 Å². The third-order valence-corrected chi connectivity index (χ3v) is 4.42. The summed E-state index contributed by atoms with van der Waals surface area (Å²) < 4.78 is 16.2. The Kier molecular flexibility index (Phi) is 10.5. The van der Waals surface area contributed by atoms with Crippen LogP contribution in [-0.4, -0.2) is 63.0 Å². The van der Waals surface area contributed by atoms with E-state index >= 15 is 0 Å². The van der Waals surface area contributed by atoms with Gasteiger partial charge >= 0.3 is 6.09 Å². The van der Waals surface area contributed by atoms with Crippen LogP contribution >= 0.6 is 24.0 Å². The molecule has 0 saturated heterocycles. The molecule has 0 aliphatic heterocycles. The van der Waals surface area contributed by atoms with Crippen LogP contribution in [0.5, 0.6) is 11.5 Å². The number of methoxy groups -OCH3 is 2. The van der Waals surface area contributed by atoms with Crippen molar-refractivity contribution in [3.8, 4) is 11.5 Å². The van der Waals surface area contributed by atoms with Gasteiger partial charge in [-0.1, -0.05) is 0 Å². The Morgan fingerprint density at radius 2 is 1.90 bits per heavy atom. The summed E-state index contributed by atoms with van der Waals surface area (Å²) in [5, 5.41) is 6.52. The molecule has 30 heavy (non-hydrogen) atoms. The van der Waals surface area contributed by atoms with Crippen LogP contribution in [0.3, 0.4) is 0 Å². The van der Waals surface area contributed by atoms with Gasteiger partial charge in [-0.2, -0.15) is 0 Å². The molecule has 1 saturated carbocycles. The summed E-state index contributed by atoms with van der Waals surface area (Å²) in [4.78, 5) is 18.5. The molecule has 0 spiro atoms. The van der Waals surface area contributed by atoms with Crippen molar-refractivity contribution >= 4 is 36.0 Å². The minimum absolute atomic E-state index is 0. The summed E-state index contributed by atoms with van der Waals surface area (Å²) >= 11 is 0. The number of aliphatic imine (C=N–C) groups is 1. The van der Waals surface area contributed by atoms with Crippen LogP contribution in [0.2, 0.25) is 0 Å². The van der Waals surface area contributed by atoms with Crippen molar-refractivity contribution < 1.29 is 19.0 Å². The molecule has 0 atom stereocenters. The summed E-state index contributed by atoms with van der Waals surface area (Å²) in [6.45, 7) is 7.33. The quantitative estimate of drug-likeness (QED) is 0.302. The van der Waals surface area contributed by atoms with E-state index in [0.29, 0.717) is 25.6 Å². The fraction of sp³-hybridized carbons (Fsp3) is 0.619. The maximum absolute atomic E-state index is 12.4. The van der Waals surface area contributed by atoms with Gasteiger partial charge in [0.15, 0.2) is 5.96 Å². The van der Waals surface area contributed by atoms with Crippen molar-refractivity contribution in [3.05, 3.63) is 23.8 Å². The van der Waals surface area contributed by atoms with E-state index in [0.717, 1.165) is 29.9 Å². The average Bonchev–Trinajstić information content (AvgIpc) is 3.50. The highest BCUT2D eigenvalue weighted by Crippen LogP contribution is 2.28. The Labute approximate surface area is 196 Å². The topological polar surface area (TPSA) is 84.4 Å². The smallest absolute Gasteiger partial charge is 0.410 e. The number of hydrogen-bond acceptors (Lipinski definition) is 5. The lowest BCUT2D eigenvalue weighted by atomic mass is 10.2. The van der Waals surface area contributed by atoms with E-state index in [-0.39, 0.29) is 36.1 Å². The number of carbonyl (C=O) groups excluding carboxylic acids is 1. The number of nitrogens with zero attached hydrogens (tertiary/aromatic N) is 2. The number of halogens is 1. The number of benzene rings is 1.